The Labute approximate surface area is 116 Å². The minimum absolute atomic E-state index is 0.0744. The van der Waals surface area contributed by atoms with Crippen molar-refractivity contribution in [2.45, 2.75) is 20.0 Å². The van der Waals surface area contributed by atoms with Crippen LogP contribution in [0.1, 0.15) is 16.1 Å². The summed E-state index contributed by atoms with van der Waals surface area (Å²) < 4.78 is 5.39. The molecular formula is C14H15N3OS. The molecule has 0 amide bonds. The van der Waals surface area contributed by atoms with Gasteiger partial charge in [-0.05, 0) is 13.0 Å². The molecule has 2 aromatic rings. The Morgan fingerprint density at radius 2 is 2.21 bits per heavy atom. The molecule has 1 heterocycles. The lowest BCUT2D eigenvalue weighted by atomic mass is 10.2. The average Bonchev–Trinajstić information content (AvgIpc) is 2.83. The first-order chi connectivity index (χ1) is 9.31. The van der Waals surface area contributed by atoms with E-state index in [2.05, 4.69) is 10.3 Å². The molecule has 0 aliphatic rings. The molecule has 98 valence electrons. The van der Waals surface area contributed by atoms with Crippen molar-refractivity contribution in [1.29, 1.82) is 5.26 Å². The zero-order valence-corrected chi connectivity index (χ0v) is 11.5. The van der Waals surface area contributed by atoms with E-state index in [4.69, 9.17) is 10.00 Å². The van der Waals surface area contributed by atoms with Crippen LogP contribution in [0.3, 0.4) is 0 Å². The van der Waals surface area contributed by atoms with Gasteiger partial charge in [0.25, 0.3) is 0 Å². The maximum atomic E-state index is 8.55. The summed E-state index contributed by atoms with van der Waals surface area (Å²) in [4.78, 5) is 5.46. The fourth-order valence-corrected chi connectivity index (χ4v) is 2.45. The zero-order chi connectivity index (χ0) is 13.5. The second-order valence-electron chi connectivity index (χ2n) is 4.02. The highest BCUT2D eigenvalue weighted by Crippen LogP contribution is 2.18. The Morgan fingerprint density at radius 3 is 2.95 bits per heavy atom. The summed E-state index contributed by atoms with van der Waals surface area (Å²) in [5, 5.41) is 11.9. The maximum Gasteiger partial charge on any atom is 0.174 e. The fourth-order valence-electron chi connectivity index (χ4n) is 1.71. The van der Waals surface area contributed by atoms with E-state index in [-0.39, 0.29) is 6.61 Å². The summed E-state index contributed by atoms with van der Waals surface area (Å²) in [5.41, 5.74) is 3.99. The summed E-state index contributed by atoms with van der Waals surface area (Å²) >= 11 is 1.65. The predicted octanol–water partition coefficient (Wildman–Crippen LogP) is 2.64. The summed E-state index contributed by atoms with van der Waals surface area (Å²) in [6.45, 7) is 3.59. The van der Waals surface area contributed by atoms with Gasteiger partial charge in [0.2, 0.25) is 0 Å². The van der Waals surface area contributed by atoms with Crippen molar-refractivity contribution >= 4 is 11.3 Å². The van der Waals surface area contributed by atoms with Crippen LogP contribution in [-0.4, -0.2) is 11.6 Å². The lowest BCUT2D eigenvalue weighted by Crippen LogP contribution is -2.13. The normalized spacial score (nSPS) is 10.1. The summed E-state index contributed by atoms with van der Waals surface area (Å²) in [5.74, 6) is 0.762. The summed E-state index contributed by atoms with van der Waals surface area (Å²) in [7, 11) is 0. The Morgan fingerprint density at radius 1 is 1.37 bits per heavy atom. The van der Waals surface area contributed by atoms with Gasteiger partial charge in [0.15, 0.2) is 6.61 Å². The van der Waals surface area contributed by atoms with E-state index in [1.165, 1.54) is 4.88 Å². The minimum atomic E-state index is 0.0744. The van der Waals surface area contributed by atoms with E-state index in [0.29, 0.717) is 6.54 Å². The van der Waals surface area contributed by atoms with Crippen LogP contribution in [0, 0.1) is 18.3 Å². The van der Waals surface area contributed by atoms with Gasteiger partial charge in [-0.1, -0.05) is 18.2 Å². The van der Waals surface area contributed by atoms with E-state index in [0.717, 1.165) is 23.6 Å². The largest absolute Gasteiger partial charge is 0.478 e. The van der Waals surface area contributed by atoms with Crippen LogP contribution in [0.4, 0.5) is 0 Å². The van der Waals surface area contributed by atoms with E-state index < -0.39 is 0 Å². The van der Waals surface area contributed by atoms with Crippen LogP contribution in [0.25, 0.3) is 0 Å². The molecule has 0 atom stereocenters. The smallest absolute Gasteiger partial charge is 0.174 e. The van der Waals surface area contributed by atoms with Crippen LogP contribution < -0.4 is 10.1 Å². The molecule has 19 heavy (non-hydrogen) atoms. The third kappa shape index (κ3) is 3.78. The Bertz CT molecular complexity index is 574. The molecule has 0 fully saturated rings. The quantitative estimate of drug-likeness (QED) is 0.879. The van der Waals surface area contributed by atoms with Gasteiger partial charge in [-0.25, -0.2) is 4.98 Å². The number of thiazole rings is 1. The van der Waals surface area contributed by atoms with E-state index >= 15 is 0 Å². The van der Waals surface area contributed by atoms with Crippen molar-refractivity contribution in [1.82, 2.24) is 10.3 Å². The number of nitrogens with zero attached hydrogens (tertiary/aromatic N) is 2. The molecule has 1 N–H and O–H groups in total. The highest BCUT2D eigenvalue weighted by Gasteiger charge is 2.04. The molecule has 0 radical (unpaired) electrons. The van der Waals surface area contributed by atoms with Crippen molar-refractivity contribution in [2.75, 3.05) is 6.61 Å². The van der Waals surface area contributed by atoms with Crippen LogP contribution in [0.15, 0.2) is 29.8 Å². The Balaban J connectivity index is 1.92. The lowest BCUT2D eigenvalue weighted by molar-refractivity contribution is 0.362. The highest BCUT2D eigenvalue weighted by atomic mass is 32.1. The molecule has 5 heteroatoms. The van der Waals surface area contributed by atoms with Crippen molar-refractivity contribution in [3.8, 4) is 11.8 Å². The van der Waals surface area contributed by atoms with Crippen molar-refractivity contribution < 1.29 is 4.74 Å². The molecule has 0 aliphatic heterocycles. The SMILES string of the molecule is Cc1ncsc1CNCc1ccccc1OCC#N. The first kappa shape index (κ1) is 13.5. The fraction of sp³-hybridized carbons (Fsp3) is 0.286. The van der Waals surface area contributed by atoms with Crippen molar-refractivity contribution in [2.24, 2.45) is 0 Å². The third-order valence-electron chi connectivity index (χ3n) is 2.71. The molecular weight excluding hydrogens is 258 g/mol. The Kier molecular flexibility index (Phi) is 4.90. The average molecular weight is 273 g/mol. The van der Waals surface area contributed by atoms with Crippen LogP contribution in [0.2, 0.25) is 0 Å². The second kappa shape index (κ2) is 6.88. The second-order valence-corrected chi connectivity index (χ2v) is 4.96. The van der Waals surface area contributed by atoms with Gasteiger partial charge in [0, 0.05) is 23.5 Å². The molecule has 0 spiro atoms. The van der Waals surface area contributed by atoms with E-state index in [1.807, 2.05) is 42.8 Å². The van der Waals surface area contributed by atoms with Gasteiger partial charge in [-0.3, -0.25) is 0 Å². The van der Waals surface area contributed by atoms with Crippen molar-refractivity contribution in [3.63, 3.8) is 0 Å². The van der Waals surface area contributed by atoms with Gasteiger partial charge < -0.3 is 10.1 Å². The van der Waals surface area contributed by atoms with E-state index in [1.54, 1.807) is 11.3 Å². The minimum Gasteiger partial charge on any atom is -0.478 e. The number of aryl methyl sites for hydroxylation is 1. The molecule has 4 nitrogen and oxygen atoms in total. The van der Waals surface area contributed by atoms with E-state index in [9.17, 15) is 0 Å². The number of benzene rings is 1. The van der Waals surface area contributed by atoms with Gasteiger partial charge in [-0.15, -0.1) is 11.3 Å². The molecule has 0 aliphatic carbocycles. The first-order valence-electron chi connectivity index (χ1n) is 5.98. The molecule has 1 aromatic heterocycles. The number of hydrogen-bond donors (Lipinski definition) is 1. The summed E-state index contributed by atoms with van der Waals surface area (Å²) in [6, 6.07) is 9.73. The number of hydrogen-bond acceptors (Lipinski definition) is 5. The monoisotopic (exact) mass is 273 g/mol. The summed E-state index contributed by atoms with van der Waals surface area (Å²) in [6.07, 6.45) is 0. The predicted molar refractivity (Wildman–Crippen MR) is 74.9 cm³/mol. The first-order valence-corrected chi connectivity index (χ1v) is 6.86. The van der Waals surface area contributed by atoms with Crippen LogP contribution >= 0.6 is 11.3 Å². The lowest BCUT2D eigenvalue weighted by Gasteiger charge is -2.09. The van der Waals surface area contributed by atoms with Crippen LogP contribution in [-0.2, 0) is 13.1 Å². The van der Waals surface area contributed by atoms with Crippen LogP contribution in [0.5, 0.6) is 5.75 Å². The van der Waals surface area contributed by atoms with Gasteiger partial charge in [0.05, 0.1) is 11.2 Å². The molecule has 0 bridgehead atoms. The highest BCUT2D eigenvalue weighted by molar-refractivity contribution is 7.09. The number of aromatic nitrogens is 1. The van der Waals surface area contributed by atoms with Gasteiger partial charge in [-0.2, -0.15) is 5.26 Å². The molecule has 2 rings (SSSR count). The third-order valence-corrected chi connectivity index (χ3v) is 3.65. The number of nitrogens with one attached hydrogen (secondary N) is 1. The number of rotatable bonds is 6. The van der Waals surface area contributed by atoms with Gasteiger partial charge in [0.1, 0.15) is 11.8 Å². The van der Waals surface area contributed by atoms with Crippen molar-refractivity contribution in [3.05, 3.63) is 45.9 Å². The standard InChI is InChI=1S/C14H15N3OS/c1-11-14(19-10-17-11)9-16-8-12-4-2-3-5-13(12)18-7-6-15/h2-5,10,16H,7-9H2,1H3. The molecule has 1 aromatic carbocycles. The van der Waals surface area contributed by atoms with Gasteiger partial charge >= 0.3 is 0 Å². The topological polar surface area (TPSA) is 57.9 Å². The molecule has 0 saturated carbocycles. The number of nitriles is 1. The zero-order valence-electron chi connectivity index (χ0n) is 10.7. The maximum absolute atomic E-state index is 8.55. The molecule has 0 saturated heterocycles. The molecule has 0 unspecified atom stereocenters. The Hall–Kier alpha value is -1.90. The number of ether oxygens (including phenoxy) is 1. The number of para-hydroxylation sites is 1.